The van der Waals surface area contributed by atoms with Crippen molar-refractivity contribution in [3.8, 4) is 0 Å². The fraction of sp³-hybridized carbons (Fsp3) is 0.583. The van der Waals surface area contributed by atoms with Gasteiger partial charge in [0.2, 0.25) is 5.91 Å². The molecule has 4 N–H and O–H groups in total. The van der Waals surface area contributed by atoms with Gasteiger partial charge in [-0.25, -0.2) is 10.8 Å². The first-order valence-corrected chi connectivity index (χ1v) is 6.44. The number of nitrogens with two attached hydrogens (primary N) is 1. The van der Waals surface area contributed by atoms with Crippen LogP contribution in [0.4, 0.5) is 5.82 Å². The summed E-state index contributed by atoms with van der Waals surface area (Å²) >= 11 is 0. The maximum atomic E-state index is 11.7. The number of hydrazine groups is 1. The fourth-order valence-corrected chi connectivity index (χ4v) is 2.36. The minimum absolute atomic E-state index is 0.0803. The SMILES string of the molecule is CNC(=O)C1CCCN(Cc2cnc(NN)cn2)C1. The summed E-state index contributed by atoms with van der Waals surface area (Å²) in [6.07, 6.45) is 5.31. The maximum Gasteiger partial charge on any atom is 0.224 e. The number of carbonyl (C=O) groups excluding carboxylic acids is 1. The van der Waals surface area contributed by atoms with Crippen molar-refractivity contribution in [3.63, 3.8) is 0 Å². The third kappa shape index (κ3) is 3.62. The van der Waals surface area contributed by atoms with Crippen LogP contribution in [0.25, 0.3) is 0 Å². The zero-order valence-electron chi connectivity index (χ0n) is 11.1. The van der Waals surface area contributed by atoms with E-state index in [0.717, 1.165) is 31.6 Å². The molecule has 0 spiro atoms. The molecule has 7 nitrogen and oxygen atoms in total. The molecule has 0 bridgehead atoms. The molecule has 1 aliphatic heterocycles. The molecule has 0 aliphatic carbocycles. The molecule has 0 saturated carbocycles. The summed E-state index contributed by atoms with van der Waals surface area (Å²) in [7, 11) is 1.69. The first kappa shape index (κ1) is 13.7. The molecule has 2 heterocycles. The van der Waals surface area contributed by atoms with Crippen LogP contribution in [0.3, 0.4) is 0 Å². The van der Waals surface area contributed by atoms with Gasteiger partial charge in [-0.15, -0.1) is 0 Å². The highest BCUT2D eigenvalue weighted by Crippen LogP contribution is 2.18. The minimum Gasteiger partial charge on any atom is -0.359 e. The molecular formula is C12H20N6O. The molecule has 0 aromatic carbocycles. The van der Waals surface area contributed by atoms with Crippen LogP contribution in [0, 0.1) is 5.92 Å². The Morgan fingerprint density at radius 2 is 2.37 bits per heavy atom. The largest absolute Gasteiger partial charge is 0.359 e. The number of nitrogen functional groups attached to an aromatic ring is 1. The van der Waals surface area contributed by atoms with Crippen LogP contribution in [-0.2, 0) is 11.3 Å². The summed E-state index contributed by atoms with van der Waals surface area (Å²) in [5.41, 5.74) is 3.33. The molecule has 1 aromatic heterocycles. The van der Waals surface area contributed by atoms with Gasteiger partial charge in [0.05, 0.1) is 24.0 Å². The number of rotatable bonds is 4. The van der Waals surface area contributed by atoms with Gasteiger partial charge in [-0.3, -0.25) is 14.7 Å². The van der Waals surface area contributed by atoms with Crippen LogP contribution in [0.1, 0.15) is 18.5 Å². The van der Waals surface area contributed by atoms with E-state index < -0.39 is 0 Å². The van der Waals surface area contributed by atoms with E-state index in [2.05, 4.69) is 25.6 Å². The monoisotopic (exact) mass is 264 g/mol. The first-order chi connectivity index (χ1) is 9.22. The number of nitrogens with one attached hydrogen (secondary N) is 2. The van der Waals surface area contributed by atoms with Gasteiger partial charge in [-0.2, -0.15) is 0 Å². The average molecular weight is 264 g/mol. The van der Waals surface area contributed by atoms with E-state index in [1.165, 1.54) is 0 Å². The van der Waals surface area contributed by atoms with E-state index in [4.69, 9.17) is 5.84 Å². The highest BCUT2D eigenvalue weighted by Gasteiger charge is 2.25. The number of nitrogens with zero attached hydrogens (tertiary/aromatic N) is 3. The van der Waals surface area contributed by atoms with Crippen LogP contribution in [-0.4, -0.2) is 40.9 Å². The Morgan fingerprint density at radius 3 is 3.00 bits per heavy atom. The summed E-state index contributed by atoms with van der Waals surface area (Å²) in [6, 6.07) is 0. The third-order valence-corrected chi connectivity index (χ3v) is 3.36. The molecular weight excluding hydrogens is 244 g/mol. The quantitative estimate of drug-likeness (QED) is 0.511. The van der Waals surface area contributed by atoms with Gasteiger partial charge in [0.15, 0.2) is 5.82 Å². The van der Waals surface area contributed by atoms with Crippen LogP contribution in [0.15, 0.2) is 12.4 Å². The lowest BCUT2D eigenvalue weighted by Gasteiger charge is -2.31. The van der Waals surface area contributed by atoms with Crippen molar-refractivity contribution in [1.82, 2.24) is 20.2 Å². The molecule has 1 aliphatic rings. The van der Waals surface area contributed by atoms with Gasteiger partial charge in [0.1, 0.15) is 0 Å². The topological polar surface area (TPSA) is 96.2 Å². The van der Waals surface area contributed by atoms with Crippen molar-refractivity contribution in [2.24, 2.45) is 11.8 Å². The molecule has 1 atom stereocenters. The third-order valence-electron chi connectivity index (χ3n) is 3.36. The second kappa shape index (κ2) is 6.44. The van der Waals surface area contributed by atoms with Gasteiger partial charge in [0.25, 0.3) is 0 Å². The number of hydrogen-bond acceptors (Lipinski definition) is 6. The number of piperidine rings is 1. The number of anilines is 1. The fourth-order valence-electron chi connectivity index (χ4n) is 2.36. The average Bonchev–Trinajstić information content (AvgIpc) is 2.47. The Labute approximate surface area is 112 Å². The summed E-state index contributed by atoms with van der Waals surface area (Å²) in [6.45, 7) is 2.48. The molecule has 1 aromatic rings. The molecule has 1 fully saturated rings. The van der Waals surface area contributed by atoms with E-state index in [1.807, 2.05) is 0 Å². The summed E-state index contributed by atoms with van der Waals surface area (Å²) < 4.78 is 0. The van der Waals surface area contributed by atoms with Gasteiger partial charge < -0.3 is 10.7 Å². The van der Waals surface area contributed by atoms with E-state index in [0.29, 0.717) is 12.4 Å². The zero-order valence-corrected chi connectivity index (χ0v) is 11.1. The molecule has 1 saturated heterocycles. The number of carbonyl (C=O) groups is 1. The van der Waals surface area contributed by atoms with Gasteiger partial charge in [0, 0.05) is 20.1 Å². The smallest absolute Gasteiger partial charge is 0.224 e. The number of hydrogen-bond donors (Lipinski definition) is 3. The second-order valence-electron chi connectivity index (χ2n) is 4.73. The minimum atomic E-state index is 0.0803. The van der Waals surface area contributed by atoms with Crippen molar-refractivity contribution in [1.29, 1.82) is 0 Å². The highest BCUT2D eigenvalue weighted by molar-refractivity contribution is 5.78. The highest BCUT2D eigenvalue weighted by atomic mass is 16.1. The van der Waals surface area contributed by atoms with E-state index in [9.17, 15) is 4.79 Å². The molecule has 7 heteroatoms. The van der Waals surface area contributed by atoms with E-state index >= 15 is 0 Å². The van der Waals surface area contributed by atoms with Crippen molar-refractivity contribution in [2.45, 2.75) is 19.4 Å². The molecule has 1 amide bonds. The second-order valence-corrected chi connectivity index (χ2v) is 4.73. The van der Waals surface area contributed by atoms with Crippen LogP contribution in [0.5, 0.6) is 0 Å². The van der Waals surface area contributed by atoms with E-state index in [1.54, 1.807) is 19.4 Å². The molecule has 2 rings (SSSR count). The van der Waals surface area contributed by atoms with Gasteiger partial charge >= 0.3 is 0 Å². The predicted molar refractivity (Wildman–Crippen MR) is 71.9 cm³/mol. The Hall–Kier alpha value is -1.73. The Kier molecular flexibility index (Phi) is 4.64. The van der Waals surface area contributed by atoms with Crippen molar-refractivity contribution in [3.05, 3.63) is 18.1 Å². The van der Waals surface area contributed by atoms with Crippen molar-refractivity contribution >= 4 is 11.7 Å². The van der Waals surface area contributed by atoms with Gasteiger partial charge in [-0.1, -0.05) is 0 Å². The van der Waals surface area contributed by atoms with Gasteiger partial charge in [-0.05, 0) is 19.4 Å². The molecule has 19 heavy (non-hydrogen) atoms. The number of amides is 1. The Morgan fingerprint density at radius 1 is 1.53 bits per heavy atom. The van der Waals surface area contributed by atoms with Crippen molar-refractivity contribution in [2.75, 3.05) is 25.6 Å². The van der Waals surface area contributed by atoms with Crippen molar-refractivity contribution < 1.29 is 4.79 Å². The maximum absolute atomic E-state index is 11.7. The molecule has 0 radical (unpaired) electrons. The summed E-state index contributed by atoms with van der Waals surface area (Å²) in [5, 5.41) is 2.72. The Bertz CT molecular complexity index is 421. The number of aromatic nitrogens is 2. The molecule has 104 valence electrons. The summed E-state index contributed by atoms with van der Waals surface area (Å²) in [5.74, 6) is 5.99. The van der Waals surface area contributed by atoms with E-state index in [-0.39, 0.29) is 11.8 Å². The lowest BCUT2D eigenvalue weighted by molar-refractivity contribution is -0.126. The Balaban J connectivity index is 1.92. The standard InChI is InChI=1S/C12H20N6O/c1-14-12(19)9-3-2-4-18(7-9)8-10-5-16-11(17-13)6-15-10/h5-6,9H,2-4,7-8,13H2,1H3,(H,14,19)(H,16,17). The molecule has 1 unspecified atom stereocenters. The van der Waals surface area contributed by atoms with Crippen LogP contribution in [0.2, 0.25) is 0 Å². The normalized spacial score (nSPS) is 20.0. The zero-order chi connectivity index (χ0) is 13.7. The summed E-state index contributed by atoms with van der Waals surface area (Å²) in [4.78, 5) is 22.3. The van der Waals surface area contributed by atoms with Crippen LogP contribution >= 0.6 is 0 Å². The lowest BCUT2D eigenvalue weighted by atomic mass is 9.97. The first-order valence-electron chi connectivity index (χ1n) is 6.44. The lowest BCUT2D eigenvalue weighted by Crippen LogP contribution is -2.41. The number of likely N-dealkylation sites (tertiary alicyclic amines) is 1. The predicted octanol–water partition coefficient (Wildman–Crippen LogP) is -0.280. The van der Waals surface area contributed by atoms with Crippen LogP contribution < -0.4 is 16.6 Å².